The van der Waals surface area contributed by atoms with E-state index in [1.807, 2.05) is 6.20 Å². The van der Waals surface area contributed by atoms with Crippen molar-refractivity contribution in [2.24, 2.45) is 5.41 Å². The predicted octanol–water partition coefficient (Wildman–Crippen LogP) is 2.27. The van der Waals surface area contributed by atoms with Gasteiger partial charge in [-0.25, -0.2) is 9.97 Å². The number of nitrogens with zero attached hydrogens (tertiary/aromatic N) is 3. The summed E-state index contributed by atoms with van der Waals surface area (Å²) in [6.07, 6.45) is 5.86. The van der Waals surface area contributed by atoms with Crippen LogP contribution in [-0.4, -0.2) is 29.1 Å². The van der Waals surface area contributed by atoms with Crippen LogP contribution in [0.2, 0.25) is 0 Å². The summed E-state index contributed by atoms with van der Waals surface area (Å²) in [5.74, 6) is 0.901. The van der Waals surface area contributed by atoms with Gasteiger partial charge in [-0.15, -0.1) is 0 Å². The summed E-state index contributed by atoms with van der Waals surface area (Å²) in [7, 11) is 0. The fourth-order valence-electron chi connectivity index (χ4n) is 2.63. The lowest BCUT2D eigenvalue weighted by Gasteiger charge is -2.20. The van der Waals surface area contributed by atoms with Crippen LogP contribution in [0.5, 0.6) is 0 Å². The SMILES string of the molecule is Cc1nc(N2CCC(C)(C)C2)ncc1CNC1CC1. The normalized spacial score (nSPS) is 21.9. The summed E-state index contributed by atoms with van der Waals surface area (Å²) in [4.78, 5) is 11.6. The molecule has 0 amide bonds. The second-order valence-electron chi connectivity index (χ2n) is 6.77. The molecule has 0 atom stereocenters. The number of aryl methyl sites for hydroxylation is 1. The minimum absolute atomic E-state index is 0.392. The van der Waals surface area contributed by atoms with Crippen molar-refractivity contribution in [3.63, 3.8) is 0 Å². The maximum absolute atomic E-state index is 4.69. The molecular formula is C15H24N4. The molecule has 2 heterocycles. The molecule has 1 saturated heterocycles. The van der Waals surface area contributed by atoms with Gasteiger partial charge in [0.15, 0.2) is 0 Å². The van der Waals surface area contributed by atoms with Gasteiger partial charge in [-0.05, 0) is 31.6 Å². The molecule has 1 aliphatic carbocycles. The number of hydrogen-bond acceptors (Lipinski definition) is 4. The molecule has 1 aliphatic heterocycles. The van der Waals surface area contributed by atoms with Crippen molar-refractivity contribution in [3.05, 3.63) is 17.5 Å². The second kappa shape index (κ2) is 4.75. The van der Waals surface area contributed by atoms with Crippen LogP contribution in [0, 0.1) is 12.3 Å². The molecule has 0 aromatic carbocycles. The molecule has 3 rings (SSSR count). The van der Waals surface area contributed by atoms with Gasteiger partial charge in [-0.1, -0.05) is 13.8 Å². The number of anilines is 1. The lowest BCUT2D eigenvalue weighted by Crippen LogP contribution is -2.25. The largest absolute Gasteiger partial charge is 0.340 e. The zero-order chi connectivity index (χ0) is 13.5. The van der Waals surface area contributed by atoms with E-state index < -0.39 is 0 Å². The average molecular weight is 260 g/mol. The van der Waals surface area contributed by atoms with Crippen molar-refractivity contribution in [2.45, 2.75) is 52.6 Å². The maximum atomic E-state index is 4.69. The van der Waals surface area contributed by atoms with Crippen LogP contribution in [0.3, 0.4) is 0 Å². The van der Waals surface area contributed by atoms with Gasteiger partial charge in [0.05, 0.1) is 0 Å². The molecule has 0 radical (unpaired) electrons. The Labute approximate surface area is 115 Å². The molecule has 0 bridgehead atoms. The Morgan fingerprint density at radius 2 is 2.21 bits per heavy atom. The molecule has 1 aromatic heterocycles. The molecule has 104 valence electrons. The lowest BCUT2D eigenvalue weighted by molar-refractivity contribution is 0.418. The summed E-state index contributed by atoms with van der Waals surface area (Å²) < 4.78 is 0. The van der Waals surface area contributed by atoms with Gasteiger partial charge in [-0.2, -0.15) is 0 Å². The van der Waals surface area contributed by atoms with E-state index in [1.54, 1.807) is 0 Å². The zero-order valence-electron chi connectivity index (χ0n) is 12.2. The highest BCUT2D eigenvalue weighted by atomic mass is 15.3. The summed E-state index contributed by atoms with van der Waals surface area (Å²) in [6.45, 7) is 9.76. The minimum atomic E-state index is 0.392. The first kappa shape index (κ1) is 12.9. The highest BCUT2D eigenvalue weighted by Crippen LogP contribution is 2.31. The topological polar surface area (TPSA) is 41.1 Å². The van der Waals surface area contributed by atoms with Crippen molar-refractivity contribution in [2.75, 3.05) is 18.0 Å². The van der Waals surface area contributed by atoms with Gasteiger partial charge in [0, 0.05) is 43.1 Å². The van der Waals surface area contributed by atoms with E-state index >= 15 is 0 Å². The number of hydrogen-bond donors (Lipinski definition) is 1. The Morgan fingerprint density at radius 1 is 1.42 bits per heavy atom. The summed E-state index contributed by atoms with van der Waals surface area (Å²) in [6, 6.07) is 0.735. The highest BCUT2D eigenvalue weighted by Gasteiger charge is 2.30. The van der Waals surface area contributed by atoms with E-state index in [4.69, 9.17) is 4.98 Å². The van der Waals surface area contributed by atoms with Gasteiger partial charge in [0.1, 0.15) is 0 Å². The van der Waals surface area contributed by atoms with E-state index in [1.165, 1.54) is 24.8 Å². The molecule has 1 aromatic rings. The first-order valence-electron chi connectivity index (χ1n) is 7.34. The molecule has 2 fully saturated rings. The molecule has 1 N–H and O–H groups in total. The molecule has 4 heteroatoms. The Morgan fingerprint density at radius 3 is 2.79 bits per heavy atom. The van der Waals surface area contributed by atoms with Crippen LogP contribution in [0.1, 0.15) is 44.4 Å². The Bertz CT molecular complexity index is 465. The molecule has 0 unspecified atom stereocenters. The highest BCUT2D eigenvalue weighted by molar-refractivity contribution is 5.35. The third-order valence-corrected chi connectivity index (χ3v) is 4.19. The van der Waals surface area contributed by atoms with Crippen LogP contribution in [0.15, 0.2) is 6.20 Å². The predicted molar refractivity (Wildman–Crippen MR) is 77.2 cm³/mol. The van der Waals surface area contributed by atoms with E-state index in [0.717, 1.165) is 37.3 Å². The van der Waals surface area contributed by atoms with Gasteiger partial charge in [0.2, 0.25) is 5.95 Å². The number of rotatable bonds is 4. The number of aromatic nitrogens is 2. The van der Waals surface area contributed by atoms with Gasteiger partial charge >= 0.3 is 0 Å². The van der Waals surface area contributed by atoms with Crippen molar-refractivity contribution < 1.29 is 0 Å². The monoisotopic (exact) mass is 260 g/mol. The molecule has 2 aliphatic rings. The summed E-state index contributed by atoms with van der Waals surface area (Å²) >= 11 is 0. The maximum Gasteiger partial charge on any atom is 0.225 e. The van der Waals surface area contributed by atoms with Gasteiger partial charge < -0.3 is 10.2 Å². The van der Waals surface area contributed by atoms with Crippen LogP contribution in [0.25, 0.3) is 0 Å². The fourth-order valence-corrected chi connectivity index (χ4v) is 2.63. The third kappa shape index (κ3) is 3.06. The molecule has 4 nitrogen and oxygen atoms in total. The van der Waals surface area contributed by atoms with Crippen molar-refractivity contribution in [3.8, 4) is 0 Å². The standard InChI is InChI=1S/C15H24N4/c1-11-12(8-16-13-4-5-13)9-17-14(18-11)19-7-6-15(2,3)10-19/h9,13,16H,4-8,10H2,1-3H3. The fraction of sp³-hybridized carbons (Fsp3) is 0.733. The molecule has 1 saturated carbocycles. The smallest absolute Gasteiger partial charge is 0.225 e. The van der Waals surface area contributed by atoms with Crippen molar-refractivity contribution >= 4 is 5.95 Å². The molecule has 0 spiro atoms. The van der Waals surface area contributed by atoms with Crippen molar-refractivity contribution in [1.82, 2.24) is 15.3 Å². The van der Waals surface area contributed by atoms with Crippen LogP contribution in [-0.2, 0) is 6.54 Å². The van der Waals surface area contributed by atoms with E-state index in [9.17, 15) is 0 Å². The molecule has 19 heavy (non-hydrogen) atoms. The van der Waals surface area contributed by atoms with Crippen LogP contribution >= 0.6 is 0 Å². The summed E-state index contributed by atoms with van der Waals surface area (Å²) in [5.41, 5.74) is 2.74. The first-order valence-corrected chi connectivity index (χ1v) is 7.34. The Hall–Kier alpha value is -1.16. The molecular weight excluding hydrogens is 236 g/mol. The second-order valence-corrected chi connectivity index (χ2v) is 6.77. The van der Waals surface area contributed by atoms with E-state index in [2.05, 4.69) is 36.0 Å². The van der Waals surface area contributed by atoms with Crippen LogP contribution < -0.4 is 10.2 Å². The van der Waals surface area contributed by atoms with Gasteiger partial charge in [-0.3, -0.25) is 0 Å². The first-order chi connectivity index (χ1) is 9.03. The third-order valence-electron chi connectivity index (χ3n) is 4.19. The quantitative estimate of drug-likeness (QED) is 0.901. The number of nitrogens with one attached hydrogen (secondary N) is 1. The van der Waals surface area contributed by atoms with Gasteiger partial charge in [0.25, 0.3) is 0 Å². The van der Waals surface area contributed by atoms with Crippen LogP contribution in [0.4, 0.5) is 5.95 Å². The zero-order valence-corrected chi connectivity index (χ0v) is 12.2. The summed E-state index contributed by atoms with van der Waals surface area (Å²) in [5, 5.41) is 3.52. The lowest BCUT2D eigenvalue weighted by atomic mass is 9.93. The minimum Gasteiger partial charge on any atom is -0.340 e. The Balaban J connectivity index is 1.68. The average Bonchev–Trinajstić information content (AvgIpc) is 3.11. The Kier molecular flexibility index (Phi) is 3.21. The van der Waals surface area contributed by atoms with E-state index in [-0.39, 0.29) is 0 Å². The van der Waals surface area contributed by atoms with Crippen molar-refractivity contribution in [1.29, 1.82) is 0 Å². The van der Waals surface area contributed by atoms with E-state index in [0.29, 0.717) is 5.41 Å².